The molecule has 1 aromatic carbocycles. The first-order valence-corrected chi connectivity index (χ1v) is 6.82. The molecule has 0 spiro atoms. The van der Waals surface area contributed by atoms with Crippen molar-refractivity contribution in [1.82, 2.24) is 20.0 Å². The van der Waals surface area contributed by atoms with Crippen LogP contribution in [0.1, 0.15) is 0 Å². The Morgan fingerprint density at radius 2 is 1.95 bits per heavy atom. The fourth-order valence-electron chi connectivity index (χ4n) is 1.90. The molecule has 1 N–H and O–H groups in total. The maximum absolute atomic E-state index is 6.14. The van der Waals surface area contributed by atoms with Gasteiger partial charge in [0.1, 0.15) is 5.82 Å². The van der Waals surface area contributed by atoms with Crippen LogP contribution < -0.4 is 5.32 Å². The number of hydrogen-bond donors (Lipinski definition) is 1. The molecule has 0 fully saturated rings. The predicted octanol–water partition coefficient (Wildman–Crippen LogP) is 3.25. The van der Waals surface area contributed by atoms with Gasteiger partial charge >= 0.3 is 0 Å². The normalized spacial score (nSPS) is 10.9. The Labute approximate surface area is 125 Å². The smallest absolute Gasteiger partial charge is 0.126 e. The summed E-state index contributed by atoms with van der Waals surface area (Å²) >= 11 is 12.3. The van der Waals surface area contributed by atoms with Gasteiger partial charge in [0, 0.05) is 18.1 Å². The van der Waals surface area contributed by atoms with E-state index in [-0.39, 0.29) is 0 Å². The second-order valence-electron chi connectivity index (χ2n) is 4.21. The Morgan fingerprint density at radius 3 is 2.75 bits per heavy atom. The minimum Gasteiger partial charge on any atom is -0.368 e. The molecule has 0 bridgehead atoms. The molecule has 0 aliphatic carbocycles. The highest BCUT2D eigenvalue weighted by atomic mass is 35.5. The van der Waals surface area contributed by atoms with E-state index in [9.17, 15) is 0 Å². The van der Waals surface area contributed by atoms with Gasteiger partial charge in [-0.15, -0.1) is 5.10 Å². The lowest BCUT2D eigenvalue weighted by atomic mass is 10.2. The van der Waals surface area contributed by atoms with Crippen LogP contribution in [0.4, 0.5) is 5.82 Å². The van der Waals surface area contributed by atoms with Crippen molar-refractivity contribution in [3.05, 3.63) is 46.7 Å². The number of benzene rings is 1. The van der Waals surface area contributed by atoms with Gasteiger partial charge in [0.25, 0.3) is 0 Å². The molecule has 5 nitrogen and oxygen atoms in total. The maximum atomic E-state index is 6.14. The first-order valence-electron chi connectivity index (χ1n) is 6.07. The summed E-state index contributed by atoms with van der Waals surface area (Å²) in [6.07, 6.45) is 3.46. The maximum Gasteiger partial charge on any atom is 0.126 e. The standard InChI is InChI=1S/C13H11Cl2N5/c14-10-2-3-11(15)13-9(10)1-4-12(18-13)16-5-7-20-8-6-17-19-20/h1-4,6,8H,5,7H2,(H,16,18). The molecule has 0 unspecified atom stereocenters. The van der Waals surface area contributed by atoms with Gasteiger partial charge in [-0.25, -0.2) is 4.98 Å². The van der Waals surface area contributed by atoms with Gasteiger partial charge in [0.05, 0.1) is 28.3 Å². The van der Waals surface area contributed by atoms with E-state index >= 15 is 0 Å². The Balaban J connectivity index is 1.77. The van der Waals surface area contributed by atoms with E-state index in [0.717, 1.165) is 11.2 Å². The minimum absolute atomic E-state index is 0.587. The molecule has 102 valence electrons. The van der Waals surface area contributed by atoms with Crippen molar-refractivity contribution in [2.75, 3.05) is 11.9 Å². The third-order valence-electron chi connectivity index (χ3n) is 2.87. The number of halogens is 2. The molecule has 0 saturated heterocycles. The Morgan fingerprint density at radius 1 is 1.10 bits per heavy atom. The minimum atomic E-state index is 0.587. The lowest BCUT2D eigenvalue weighted by Crippen LogP contribution is -2.11. The van der Waals surface area contributed by atoms with Crippen LogP contribution in [0.25, 0.3) is 10.9 Å². The number of aromatic nitrogens is 4. The van der Waals surface area contributed by atoms with E-state index in [0.29, 0.717) is 28.7 Å². The van der Waals surface area contributed by atoms with Crippen molar-refractivity contribution in [1.29, 1.82) is 0 Å². The van der Waals surface area contributed by atoms with E-state index in [1.807, 2.05) is 18.3 Å². The van der Waals surface area contributed by atoms with Gasteiger partial charge in [-0.2, -0.15) is 0 Å². The summed E-state index contributed by atoms with van der Waals surface area (Å²) in [7, 11) is 0. The highest BCUT2D eigenvalue weighted by Gasteiger charge is 2.06. The zero-order chi connectivity index (χ0) is 13.9. The summed E-state index contributed by atoms with van der Waals surface area (Å²) in [6, 6.07) is 7.31. The molecule has 7 heteroatoms. The van der Waals surface area contributed by atoms with E-state index in [4.69, 9.17) is 23.2 Å². The summed E-state index contributed by atoms with van der Waals surface area (Å²) in [5.41, 5.74) is 0.699. The summed E-state index contributed by atoms with van der Waals surface area (Å²) in [6.45, 7) is 1.41. The average molecular weight is 308 g/mol. The Kier molecular flexibility index (Phi) is 3.71. The molecule has 3 aromatic rings. The Hall–Kier alpha value is -1.85. The summed E-state index contributed by atoms with van der Waals surface area (Å²) in [5.74, 6) is 0.752. The fourth-order valence-corrected chi connectivity index (χ4v) is 2.32. The molecule has 0 saturated carbocycles. The zero-order valence-electron chi connectivity index (χ0n) is 10.4. The zero-order valence-corrected chi connectivity index (χ0v) is 11.9. The second kappa shape index (κ2) is 5.64. The van der Waals surface area contributed by atoms with E-state index in [1.165, 1.54) is 0 Å². The molecule has 0 aliphatic rings. The second-order valence-corrected chi connectivity index (χ2v) is 5.03. The van der Waals surface area contributed by atoms with Gasteiger partial charge in [0.15, 0.2) is 0 Å². The van der Waals surface area contributed by atoms with Crippen LogP contribution in [0.2, 0.25) is 10.0 Å². The van der Waals surface area contributed by atoms with Gasteiger partial charge in [-0.3, -0.25) is 4.68 Å². The monoisotopic (exact) mass is 307 g/mol. The van der Waals surface area contributed by atoms with Gasteiger partial charge in [-0.05, 0) is 24.3 Å². The van der Waals surface area contributed by atoms with Crippen molar-refractivity contribution in [3.8, 4) is 0 Å². The number of pyridine rings is 1. The van der Waals surface area contributed by atoms with Gasteiger partial charge < -0.3 is 5.32 Å². The van der Waals surface area contributed by atoms with Crippen LogP contribution in [0.15, 0.2) is 36.7 Å². The number of nitrogens with one attached hydrogen (secondary N) is 1. The van der Waals surface area contributed by atoms with Crippen LogP contribution in [-0.4, -0.2) is 26.5 Å². The third kappa shape index (κ3) is 2.69. The van der Waals surface area contributed by atoms with Crippen molar-refractivity contribution >= 4 is 39.9 Å². The molecule has 2 heterocycles. The molecular weight excluding hydrogens is 297 g/mol. The first kappa shape index (κ1) is 13.1. The lowest BCUT2D eigenvalue weighted by molar-refractivity contribution is 0.608. The fraction of sp³-hybridized carbons (Fsp3) is 0.154. The highest BCUT2D eigenvalue weighted by Crippen LogP contribution is 2.29. The number of anilines is 1. The average Bonchev–Trinajstić information content (AvgIpc) is 2.96. The predicted molar refractivity (Wildman–Crippen MR) is 80.3 cm³/mol. The highest BCUT2D eigenvalue weighted by molar-refractivity contribution is 6.39. The molecule has 0 radical (unpaired) electrons. The number of hydrogen-bond acceptors (Lipinski definition) is 4. The van der Waals surface area contributed by atoms with Crippen LogP contribution in [-0.2, 0) is 6.54 Å². The quantitative estimate of drug-likeness (QED) is 0.804. The Bertz CT molecular complexity index is 727. The molecule has 20 heavy (non-hydrogen) atoms. The van der Waals surface area contributed by atoms with Gasteiger partial charge in [0.2, 0.25) is 0 Å². The molecule has 0 aliphatic heterocycles. The van der Waals surface area contributed by atoms with Crippen LogP contribution >= 0.6 is 23.2 Å². The summed E-state index contributed by atoms with van der Waals surface area (Å²) in [5, 5.41) is 12.9. The molecular formula is C13H11Cl2N5. The molecule has 3 rings (SSSR count). The SMILES string of the molecule is Clc1ccc(Cl)c2nc(NCCn3ccnn3)ccc12. The van der Waals surface area contributed by atoms with Crippen molar-refractivity contribution in [2.45, 2.75) is 6.54 Å². The summed E-state index contributed by atoms with van der Waals surface area (Å²) in [4.78, 5) is 4.48. The van der Waals surface area contributed by atoms with Crippen LogP contribution in [0.3, 0.4) is 0 Å². The molecule has 2 aromatic heterocycles. The molecule has 0 amide bonds. The van der Waals surface area contributed by atoms with Crippen LogP contribution in [0.5, 0.6) is 0 Å². The van der Waals surface area contributed by atoms with Crippen LogP contribution in [0, 0.1) is 0 Å². The van der Waals surface area contributed by atoms with E-state index < -0.39 is 0 Å². The largest absolute Gasteiger partial charge is 0.368 e. The third-order valence-corrected chi connectivity index (χ3v) is 3.51. The number of fused-ring (bicyclic) bond motifs is 1. The van der Waals surface area contributed by atoms with Gasteiger partial charge in [-0.1, -0.05) is 28.4 Å². The topological polar surface area (TPSA) is 55.6 Å². The van der Waals surface area contributed by atoms with E-state index in [1.54, 1.807) is 23.0 Å². The first-order chi connectivity index (χ1) is 9.74. The molecule has 0 atom stereocenters. The summed E-state index contributed by atoms with van der Waals surface area (Å²) < 4.78 is 1.75. The number of rotatable bonds is 4. The van der Waals surface area contributed by atoms with E-state index in [2.05, 4.69) is 20.6 Å². The van der Waals surface area contributed by atoms with Crippen molar-refractivity contribution in [2.24, 2.45) is 0 Å². The van der Waals surface area contributed by atoms with Crippen molar-refractivity contribution < 1.29 is 0 Å². The number of nitrogens with zero attached hydrogens (tertiary/aromatic N) is 4. The van der Waals surface area contributed by atoms with Crippen molar-refractivity contribution in [3.63, 3.8) is 0 Å². The lowest BCUT2D eigenvalue weighted by Gasteiger charge is -2.08.